The molecule has 0 amide bonds. The zero-order chi connectivity index (χ0) is 25.5. The predicted molar refractivity (Wildman–Crippen MR) is 158 cm³/mol. The molecule has 1 heteroatoms. The number of fused-ring (bicyclic) bond motifs is 8. The fourth-order valence-electron chi connectivity index (χ4n) is 8.86. The van der Waals surface area contributed by atoms with Crippen LogP contribution in [0.2, 0.25) is 9.36 Å². The molecule has 186 valence electrons. The summed E-state index contributed by atoms with van der Waals surface area (Å²) in [5.41, 5.74) is 15.7. The average Bonchev–Trinajstić information content (AvgIpc) is 3.69. The van der Waals surface area contributed by atoms with Crippen LogP contribution < -0.4 is 0 Å². The van der Waals surface area contributed by atoms with E-state index in [1.54, 1.807) is 22.3 Å². The van der Waals surface area contributed by atoms with Crippen LogP contribution in [0.1, 0.15) is 55.3 Å². The minimum atomic E-state index is -2.98. The molecular formula is C37H34Hf. The van der Waals surface area contributed by atoms with Gasteiger partial charge in [0, 0.05) is 0 Å². The Labute approximate surface area is 231 Å². The first kappa shape index (κ1) is 23.1. The SMILES string of the molecule is [CH3][Hf]1([CH3])[CH]2C(=Cc3c(-c4ccccc4)cccc32)C2(CCCC2)C2=Cc3c(-c4ccccc4)cccc3[CH]21. The zero-order valence-corrected chi connectivity index (χ0v) is 26.0. The van der Waals surface area contributed by atoms with Gasteiger partial charge in [-0.15, -0.1) is 0 Å². The van der Waals surface area contributed by atoms with E-state index >= 15 is 0 Å². The molecule has 0 radical (unpaired) electrons. The summed E-state index contributed by atoms with van der Waals surface area (Å²) < 4.78 is 6.90. The van der Waals surface area contributed by atoms with Gasteiger partial charge in [-0.3, -0.25) is 0 Å². The maximum absolute atomic E-state index is 2.98. The fourth-order valence-corrected chi connectivity index (χ4v) is 26.0. The molecular weight excluding hydrogens is 623 g/mol. The van der Waals surface area contributed by atoms with E-state index < -0.39 is 20.0 Å². The minimum absolute atomic E-state index is 0.241. The standard InChI is InChI=1S/C35H28.2CH3.Hf/c1-3-11-25(12-4-1)31-17-9-15-27-21-29(23-33(27)31)35(19-7-8-20-35)30-22-28-16-10-18-32(34(28)24-30)26-13-5-2-6-14-26;;;/h1-6,9-18,21-24H,7-8,19-20H2;2*1H3;. The molecule has 0 N–H and O–H groups in total. The molecule has 1 saturated carbocycles. The maximum atomic E-state index is 2.78. The Bertz CT molecular complexity index is 1510. The first-order chi connectivity index (χ1) is 18.6. The van der Waals surface area contributed by atoms with Crippen LogP contribution in [-0.4, -0.2) is 0 Å². The predicted octanol–water partition coefficient (Wildman–Crippen LogP) is 10.4. The van der Waals surface area contributed by atoms with Crippen LogP contribution in [0.15, 0.2) is 108 Å². The molecule has 4 aromatic carbocycles. The van der Waals surface area contributed by atoms with E-state index in [9.17, 15) is 0 Å². The van der Waals surface area contributed by atoms with Crippen LogP contribution in [0.25, 0.3) is 34.4 Å². The molecule has 2 atom stereocenters. The first-order valence-corrected chi connectivity index (χ1v) is 25.7. The summed E-state index contributed by atoms with van der Waals surface area (Å²) in [7, 11) is 0. The molecule has 3 aliphatic carbocycles. The van der Waals surface area contributed by atoms with Crippen LogP contribution in [0.4, 0.5) is 0 Å². The summed E-state index contributed by atoms with van der Waals surface area (Å²) in [6, 6.07) is 36.5. The van der Waals surface area contributed by atoms with Crippen LogP contribution in [-0.2, 0) is 20.0 Å². The molecule has 1 heterocycles. The monoisotopic (exact) mass is 658 g/mol. The third kappa shape index (κ3) is 3.06. The van der Waals surface area contributed by atoms with E-state index in [2.05, 4.69) is 119 Å². The Balaban J connectivity index is 1.37. The molecule has 38 heavy (non-hydrogen) atoms. The van der Waals surface area contributed by atoms with Crippen molar-refractivity contribution in [1.29, 1.82) is 0 Å². The summed E-state index contributed by atoms with van der Waals surface area (Å²) in [5, 5.41) is 0. The van der Waals surface area contributed by atoms with Crippen molar-refractivity contribution in [3.63, 3.8) is 0 Å². The Kier molecular flexibility index (Phi) is 5.09. The van der Waals surface area contributed by atoms with Crippen molar-refractivity contribution in [3.05, 3.63) is 130 Å². The molecule has 1 aliphatic heterocycles. The van der Waals surface area contributed by atoms with Gasteiger partial charge in [-0.2, -0.15) is 0 Å². The quantitative estimate of drug-likeness (QED) is 0.188. The van der Waals surface area contributed by atoms with Crippen molar-refractivity contribution in [1.82, 2.24) is 0 Å². The summed E-state index contributed by atoms with van der Waals surface area (Å²) in [6.07, 6.45) is 10.8. The van der Waals surface area contributed by atoms with E-state index in [0.717, 1.165) is 0 Å². The average molecular weight is 657 g/mol. The second-order valence-electron chi connectivity index (χ2n) is 12.5. The summed E-state index contributed by atoms with van der Waals surface area (Å²) >= 11 is -2.98. The van der Waals surface area contributed by atoms with Crippen molar-refractivity contribution in [2.45, 2.75) is 42.4 Å². The van der Waals surface area contributed by atoms with Gasteiger partial charge in [-0.25, -0.2) is 0 Å². The first-order valence-electron chi connectivity index (χ1n) is 14.4. The Morgan fingerprint density at radius 2 is 1.00 bits per heavy atom. The molecule has 1 spiro atoms. The number of allylic oxidation sites excluding steroid dienone is 2. The van der Waals surface area contributed by atoms with Gasteiger partial charge in [0.15, 0.2) is 0 Å². The summed E-state index contributed by atoms with van der Waals surface area (Å²) in [5.74, 6) is 0. The van der Waals surface area contributed by atoms with Crippen molar-refractivity contribution >= 4 is 12.2 Å². The van der Waals surface area contributed by atoms with Crippen molar-refractivity contribution in [3.8, 4) is 22.3 Å². The van der Waals surface area contributed by atoms with Crippen LogP contribution in [0, 0.1) is 5.41 Å². The molecule has 4 aromatic rings. The van der Waals surface area contributed by atoms with Crippen molar-refractivity contribution in [2.24, 2.45) is 5.41 Å². The number of hydrogen-bond acceptors (Lipinski definition) is 0. The Morgan fingerprint density at radius 1 is 0.553 bits per heavy atom. The van der Waals surface area contributed by atoms with Gasteiger partial charge >= 0.3 is 233 Å². The van der Waals surface area contributed by atoms with Gasteiger partial charge in [-0.05, 0) is 0 Å². The van der Waals surface area contributed by atoms with E-state index in [0.29, 0.717) is 7.35 Å². The van der Waals surface area contributed by atoms with Gasteiger partial charge in [-0.1, -0.05) is 0 Å². The second-order valence-corrected chi connectivity index (χ2v) is 29.8. The van der Waals surface area contributed by atoms with Crippen molar-refractivity contribution < 1.29 is 20.0 Å². The van der Waals surface area contributed by atoms with Gasteiger partial charge in [0.05, 0.1) is 0 Å². The third-order valence-electron chi connectivity index (χ3n) is 10.3. The van der Waals surface area contributed by atoms with Gasteiger partial charge in [0.2, 0.25) is 0 Å². The second kappa shape index (κ2) is 8.36. The van der Waals surface area contributed by atoms with Gasteiger partial charge < -0.3 is 0 Å². The molecule has 0 bridgehead atoms. The van der Waals surface area contributed by atoms with E-state index in [1.807, 2.05) is 0 Å². The topological polar surface area (TPSA) is 0 Å². The zero-order valence-electron chi connectivity index (χ0n) is 22.4. The normalized spacial score (nSPS) is 23.3. The van der Waals surface area contributed by atoms with E-state index in [4.69, 9.17) is 0 Å². The van der Waals surface area contributed by atoms with Crippen LogP contribution in [0.3, 0.4) is 0 Å². The molecule has 1 saturated heterocycles. The van der Waals surface area contributed by atoms with Gasteiger partial charge in [0.25, 0.3) is 0 Å². The molecule has 2 unspecified atom stereocenters. The molecule has 0 aromatic heterocycles. The number of benzene rings is 4. The molecule has 8 rings (SSSR count). The van der Waals surface area contributed by atoms with Crippen LogP contribution >= 0.6 is 0 Å². The molecule has 2 fully saturated rings. The summed E-state index contributed by atoms with van der Waals surface area (Å²) in [6.45, 7) is 0. The Morgan fingerprint density at radius 3 is 1.45 bits per heavy atom. The fraction of sp³-hybridized carbons (Fsp3) is 0.243. The van der Waals surface area contributed by atoms with Gasteiger partial charge in [0.1, 0.15) is 0 Å². The third-order valence-corrected chi connectivity index (χ3v) is 25.5. The van der Waals surface area contributed by atoms with Crippen LogP contribution in [0.5, 0.6) is 0 Å². The summed E-state index contributed by atoms with van der Waals surface area (Å²) in [4.78, 5) is 0. The number of rotatable bonds is 2. The molecule has 4 aliphatic rings. The van der Waals surface area contributed by atoms with E-state index in [-0.39, 0.29) is 5.41 Å². The molecule has 0 nitrogen and oxygen atoms in total. The Hall–Kier alpha value is -2.77. The van der Waals surface area contributed by atoms with E-state index in [1.165, 1.54) is 59.1 Å². The van der Waals surface area contributed by atoms with Crippen molar-refractivity contribution in [2.75, 3.05) is 0 Å². The number of hydrogen-bond donors (Lipinski definition) is 0.